The number of pyridine rings is 2. The molecule has 0 radical (unpaired) electrons. The highest BCUT2D eigenvalue weighted by Gasteiger charge is 2.24. The van der Waals surface area contributed by atoms with Gasteiger partial charge in [-0.1, -0.05) is 33.8 Å². The summed E-state index contributed by atoms with van der Waals surface area (Å²) in [5.74, 6) is 0.962. The molecule has 120 valence electrons. The summed E-state index contributed by atoms with van der Waals surface area (Å²) in [4.78, 5) is 8.82. The molecule has 0 aliphatic carbocycles. The molecule has 0 unspecified atom stereocenters. The van der Waals surface area contributed by atoms with E-state index in [2.05, 4.69) is 43.7 Å². The largest absolute Gasteiger partial charge is 0.481 e. The van der Waals surface area contributed by atoms with Crippen molar-refractivity contribution in [2.75, 3.05) is 7.11 Å². The summed E-state index contributed by atoms with van der Waals surface area (Å²) in [5, 5.41) is 9.44. The summed E-state index contributed by atoms with van der Waals surface area (Å²) < 4.78 is 5.11. The average molecular weight is 309 g/mol. The summed E-state index contributed by atoms with van der Waals surface area (Å²) in [6, 6.07) is 8.11. The number of hydrogen-bond donors (Lipinski definition) is 0. The number of hydrogen-bond acceptors (Lipinski definition) is 4. The van der Waals surface area contributed by atoms with Crippen LogP contribution in [0.25, 0.3) is 0 Å². The molecule has 0 atom stereocenters. The second kappa shape index (κ2) is 6.78. The number of rotatable bonds is 5. The molecule has 0 aliphatic rings. The first-order valence-electron chi connectivity index (χ1n) is 7.77. The molecule has 23 heavy (non-hydrogen) atoms. The van der Waals surface area contributed by atoms with Crippen LogP contribution in [0.3, 0.4) is 0 Å². The molecule has 0 fully saturated rings. The van der Waals surface area contributed by atoms with E-state index < -0.39 is 0 Å². The Labute approximate surface area is 138 Å². The molecule has 4 nitrogen and oxygen atoms in total. The van der Waals surface area contributed by atoms with Crippen LogP contribution in [0.2, 0.25) is 0 Å². The minimum absolute atomic E-state index is 0.169. The first kappa shape index (κ1) is 17.0. The minimum atomic E-state index is -0.169. The Balaban J connectivity index is 2.30. The van der Waals surface area contributed by atoms with Crippen LogP contribution in [0.5, 0.6) is 5.88 Å². The minimum Gasteiger partial charge on any atom is -0.481 e. The lowest BCUT2D eigenvalue weighted by atomic mass is 9.80. The van der Waals surface area contributed by atoms with Crippen LogP contribution >= 0.6 is 0 Å². The standard InChI is InChI=1S/C19H23N3O/c1-13(2)15-8-14(10-20)17(21-11-15)9-19(3,4)16-6-7-18(23-5)22-12-16/h6-8,11-13H,9H2,1-5H3. The normalized spacial score (nSPS) is 11.3. The third kappa shape index (κ3) is 3.87. The summed E-state index contributed by atoms with van der Waals surface area (Å²) >= 11 is 0. The van der Waals surface area contributed by atoms with Gasteiger partial charge in [-0.05, 0) is 28.5 Å². The molecular weight excluding hydrogens is 286 g/mol. The molecular formula is C19H23N3O. The van der Waals surface area contributed by atoms with Crippen LogP contribution in [0.15, 0.2) is 30.6 Å². The maximum absolute atomic E-state index is 9.44. The molecule has 0 bridgehead atoms. The summed E-state index contributed by atoms with van der Waals surface area (Å²) in [5.41, 5.74) is 3.51. The number of aromatic nitrogens is 2. The number of ether oxygens (including phenoxy) is 1. The third-order valence-corrected chi connectivity index (χ3v) is 4.11. The van der Waals surface area contributed by atoms with Crippen LogP contribution in [0.1, 0.15) is 56.0 Å². The van der Waals surface area contributed by atoms with E-state index in [4.69, 9.17) is 4.74 Å². The highest BCUT2D eigenvalue weighted by Crippen LogP contribution is 2.29. The Morgan fingerprint density at radius 2 is 1.96 bits per heavy atom. The van der Waals surface area contributed by atoms with E-state index >= 15 is 0 Å². The van der Waals surface area contributed by atoms with Gasteiger partial charge in [-0.25, -0.2) is 4.98 Å². The summed E-state index contributed by atoms with van der Waals surface area (Å²) in [6.07, 6.45) is 4.39. The van der Waals surface area contributed by atoms with Crippen molar-refractivity contribution in [1.29, 1.82) is 5.26 Å². The zero-order valence-corrected chi connectivity index (χ0v) is 14.4. The zero-order valence-electron chi connectivity index (χ0n) is 14.4. The van der Waals surface area contributed by atoms with Crippen LogP contribution in [0, 0.1) is 11.3 Å². The fourth-order valence-electron chi connectivity index (χ4n) is 2.48. The van der Waals surface area contributed by atoms with Gasteiger partial charge in [-0.2, -0.15) is 5.26 Å². The Morgan fingerprint density at radius 3 is 2.48 bits per heavy atom. The fourth-order valence-corrected chi connectivity index (χ4v) is 2.48. The molecule has 2 rings (SSSR count). The highest BCUT2D eigenvalue weighted by atomic mass is 16.5. The van der Waals surface area contributed by atoms with Crippen LogP contribution in [-0.4, -0.2) is 17.1 Å². The smallest absolute Gasteiger partial charge is 0.212 e. The second-order valence-electron chi connectivity index (χ2n) is 6.68. The fraction of sp³-hybridized carbons (Fsp3) is 0.421. The van der Waals surface area contributed by atoms with E-state index in [1.807, 2.05) is 30.6 Å². The van der Waals surface area contributed by atoms with E-state index in [1.165, 1.54) is 0 Å². The first-order chi connectivity index (χ1) is 10.9. The van der Waals surface area contributed by atoms with Crippen molar-refractivity contribution in [3.05, 3.63) is 53.0 Å². The maximum Gasteiger partial charge on any atom is 0.212 e. The second-order valence-corrected chi connectivity index (χ2v) is 6.68. The lowest BCUT2D eigenvalue weighted by Gasteiger charge is -2.25. The SMILES string of the molecule is COc1ccc(C(C)(C)Cc2ncc(C(C)C)cc2C#N)cn1. The van der Waals surface area contributed by atoms with E-state index in [-0.39, 0.29) is 5.41 Å². The molecule has 0 spiro atoms. The molecule has 4 heteroatoms. The predicted molar refractivity (Wildman–Crippen MR) is 90.6 cm³/mol. The van der Waals surface area contributed by atoms with Gasteiger partial charge in [0.2, 0.25) is 5.88 Å². The van der Waals surface area contributed by atoms with Gasteiger partial charge in [-0.15, -0.1) is 0 Å². The topological polar surface area (TPSA) is 58.8 Å². The highest BCUT2D eigenvalue weighted by molar-refractivity contribution is 5.39. The van der Waals surface area contributed by atoms with Crippen LogP contribution in [0.4, 0.5) is 0 Å². The van der Waals surface area contributed by atoms with Gasteiger partial charge >= 0.3 is 0 Å². The Kier molecular flexibility index (Phi) is 5.00. The molecule has 0 saturated carbocycles. The van der Waals surface area contributed by atoms with Gasteiger partial charge in [-0.3, -0.25) is 4.98 Å². The van der Waals surface area contributed by atoms with E-state index in [1.54, 1.807) is 7.11 Å². The molecule has 0 aliphatic heterocycles. The number of nitrogens with zero attached hydrogens (tertiary/aromatic N) is 3. The number of nitriles is 1. The summed E-state index contributed by atoms with van der Waals surface area (Å²) in [7, 11) is 1.60. The summed E-state index contributed by atoms with van der Waals surface area (Å²) in [6.45, 7) is 8.47. The molecule has 0 aromatic carbocycles. The van der Waals surface area contributed by atoms with Crippen molar-refractivity contribution >= 4 is 0 Å². The van der Waals surface area contributed by atoms with E-state index in [0.717, 1.165) is 16.8 Å². The molecule has 0 saturated heterocycles. The zero-order chi connectivity index (χ0) is 17.0. The van der Waals surface area contributed by atoms with Crippen molar-refractivity contribution < 1.29 is 4.74 Å². The van der Waals surface area contributed by atoms with Crippen LogP contribution in [-0.2, 0) is 11.8 Å². The van der Waals surface area contributed by atoms with Crippen LogP contribution < -0.4 is 4.74 Å². The van der Waals surface area contributed by atoms with Crippen molar-refractivity contribution in [1.82, 2.24) is 9.97 Å². The first-order valence-corrected chi connectivity index (χ1v) is 7.77. The molecule has 2 heterocycles. The molecule has 2 aromatic heterocycles. The van der Waals surface area contributed by atoms with Gasteiger partial charge < -0.3 is 4.74 Å². The van der Waals surface area contributed by atoms with Crippen molar-refractivity contribution in [2.45, 2.75) is 45.4 Å². The number of methoxy groups -OCH3 is 1. The Hall–Kier alpha value is -2.41. The maximum atomic E-state index is 9.44. The van der Waals surface area contributed by atoms with Crippen molar-refractivity contribution in [2.24, 2.45) is 0 Å². The van der Waals surface area contributed by atoms with Gasteiger partial charge in [0.25, 0.3) is 0 Å². The van der Waals surface area contributed by atoms with E-state index in [0.29, 0.717) is 23.8 Å². The average Bonchev–Trinajstić information content (AvgIpc) is 2.54. The quantitative estimate of drug-likeness (QED) is 0.837. The third-order valence-electron chi connectivity index (χ3n) is 4.11. The van der Waals surface area contributed by atoms with Gasteiger partial charge in [0.15, 0.2) is 0 Å². The molecule has 0 N–H and O–H groups in total. The Morgan fingerprint density at radius 1 is 1.22 bits per heavy atom. The lowest BCUT2D eigenvalue weighted by Crippen LogP contribution is -2.22. The Bertz CT molecular complexity index is 712. The van der Waals surface area contributed by atoms with Gasteiger partial charge in [0.05, 0.1) is 18.4 Å². The lowest BCUT2D eigenvalue weighted by molar-refractivity contribution is 0.396. The molecule has 0 amide bonds. The molecule has 2 aromatic rings. The monoisotopic (exact) mass is 309 g/mol. The van der Waals surface area contributed by atoms with Crippen molar-refractivity contribution in [3.8, 4) is 11.9 Å². The van der Waals surface area contributed by atoms with Gasteiger partial charge in [0, 0.05) is 24.9 Å². The van der Waals surface area contributed by atoms with E-state index in [9.17, 15) is 5.26 Å². The van der Waals surface area contributed by atoms with Gasteiger partial charge in [0.1, 0.15) is 6.07 Å². The predicted octanol–water partition coefficient (Wildman–Crippen LogP) is 4.00. The van der Waals surface area contributed by atoms with Crippen molar-refractivity contribution in [3.63, 3.8) is 0 Å².